The first-order valence-electron chi connectivity index (χ1n) is 13.0. The molecule has 2 aromatic carbocycles. The summed E-state index contributed by atoms with van der Waals surface area (Å²) >= 11 is 0. The van der Waals surface area contributed by atoms with E-state index in [0.29, 0.717) is 11.7 Å². The fourth-order valence-corrected chi connectivity index (χ4v) is 5.43. The Bertz CT molecular complexity index is 1260. The van der Waals surface area contributed by atoms with Gasteiger partial charge in [0.2, 0.25) is 5.91 Å². The van der Waals surface area contributed by atoms with E-state index in [9.17, 15) is 14.7 Å². The molecule has 0 radical (unpaired) electrons. The van der Waals surface area contributed by atoms with Crippen molar-refractivity contribution in [3.8, 4) is 22.8 Å². The molecule has 3 aromatic rings. The van der Waals surface area contributed by atoms with E-state index in [0.717, 1.165) is 75.2 Å². The van der Waals surface area contributed by atoms with Gasteiger partial charge in [-0.1, -0.05) is 26.0 Å². The smallest absolute Gasteiger partial charge is 0.348 e. The number of nitrogens with zero attached hydrogens (tertiary/aromatic N) is 4. The standard InChI is InChI=1S/C28H35N5O3/c1-19(2)24-17-22(7-10-25(24)34)26-29-30-28(36)33(26)23-8-5-20(6-9-23)18-31-15-11-21(12-16-31)27(35)32-13-3-4-14-32/h5-10,17,19,21,34H,3-4,11-16,18H2,1-2H3,(H,30,36). The molecule has 5 rings (SSSR count). The zero-order valence-corrected chi connectivity index (χ0v) is 21.1. The Kier molecular flexibility index (Phi) is 6.96. The van der Waals surface area contributed by atoms with Gasteiger partial charge in [0, 0.05) is 31.1 Å². The van der Waals surface area contributed by atoms with E-state index in [2.05, 4.69) is 27.2 Å². The van der Waals surface area contributed by atoms with Gasteiger partial charge in [-0.3, -0.25) is 9.69 Å². The van der Waals surface area contributed by atoms with Crippen molar-refractivity contribution in [1.29, 1.82) is 0 Å². The average molecular weight is 490 g/mol. The molecule has 0 atom stereocenters. The van der Waals surface area contributed by atoms with Crippen LogP contribution in [0.15, 0.2) is 47.3 Å². The molecule has 36 heavy (non-hydrogen) atoms. The summed E-state index contributed by atoms with van der Waals surface area (Å²) in [4.78, 5) is 29.8. The molecule has 2 saturated heterocycles. The fraction of sp³-hybridized carbons (Fsp3) is 0.464. The van der Waals surface area contributed by atoms with Crippen LogP contribution in [-0.2, 0) is 11.3 Å². The average Bonchev–Trinajstić information content (AvgIpc) is 3.55. The van der Waals surface area contributed by atoms with Crippen LogP contribution in [0, 0.1) is 5.92 Å². The molecule has 8 nitrogen and oxygen atoms in total. The number of aromatic hydroxyl groups is 1. The van der Waals surface area contributed by atoms with Crippen LogP contribution >= 0.6 is 0 Å². The van der Waals surface area contributed by atoms with E-state index in [-0.39, 0.29) is 23.3 Å². The second-order valence-electron chi connectivity index (χ2n) is 10.4. The predicted molar refractivity (Wildman–Crippen MR) is 139 cm³/mol. The topological polar surface area (TPSA) is 94.5 Å². The lowest BCUT2D eigenvalue weighted by atomic mass is 9.95. The quantitative estimate of drug-likeness (QED) is 0.548. The molecular weight excluding hydrogens is 454 g/mol. The van der Waals surface area contributed by atoms with Crippen LogP contribution in [0.4, 0.5) is 0 Å². The van der Waals surface area contributed by atoms with E-state index >= 15 is 0 Å². The van der Waals surface area contributed by atoms with Crippen molar-refractivity contribution >= 4 is 5.91 Å². The summed E-state index contributed by atoms with van der Waals surface area (Å²) in [6.07, 6.45) is 4.13. The number of nitrogens with one attached hydrogen (secondary N) is 1. The van der Waals surface area contributed by atoms with E-state index in [1.165, 1.54) is 5.56 Å². The monoisotopic (exact) mass is 489 g/mol. The lowest BCUT2D eigenvalue weighted by Gasteiger charge is -2.33. The summed E-state index contributed by atoms with van der Waals surface area (Å²) in [5.74, 6) is 1.43. The summed E-state index contributed by atoms with van der Waals surface area (Å²) in [7, 11) is 0. The SMILES string of the molecule is CC(C)c1cc(-c2n[nH]c(=O)n2-c2ccc(CN3CCC(C(=O)N4CCCC4)CC3)cc2)ccc1O. The van der Waals surface area contributed by atoms with E-state index in [1.807, 2.05) is 36.9 Å². The van der Waals surface area contributed by atoms with Crippen LogP contribution in [0.2, 0.25) is 0 Å². The Hall–Kier alpha value is -3.39. The number of piperidine rings is 1. The van der Waals surface area contributed by atoms with E-state index in [1.54, 1.807) is 16.7 Å². The van der Waals surface area contributed by atoms with Crippen molar-refractivity contribution in [2.75, 3.05) is 26.2 Å². The number of benzene rings is 2. The van der Waals surface area contributed by atoms with Crippen molar-refractivity contribution < 1.29 is 9.90 Å². The van der Waals surface area contributed by atoms with Crippen LogP contribution in [0.5, 0.6) is 5.75 Å². The molecular formula is C28H35N5O3. The number of phenols is 1. The Morgan fingerprint density at radius 2 is 1.75 bits per heavy atom. The molecule has 0 saturated carbocycles. The molecule has 2 N–H and O–H groups in total. The Morgan fingerprint density at radius 3 is 2.42 bits per heavy atom. The summed E-state index contributed by atoms with van der Waals surface area (Å²) in [6.45, 7) is 8.57. The van der Waals surface area contributed by atoms with Gasteiger partial charge in [-0.15, -0.1) is 0 Å². The minimum Gasteiger partial charge on any atom is -0.508 e. The number of aromatic amines is 1. The minimum atomic E-state index is -0.304. The third-order valence-electron chi connectivity index (χ3n) is 7.54. The molecule has 0 aliphatic carbocycles. The summed E-state index contributed by atoms with van der Waals surface area (Å²) in [5, 5.41) is 17.0. The molecule has 8 heteroatoms. The van der Waals surface area contributed by atoms with Crippen LogP contribution in [0.1, 0.15) is 56.6 Å². The number of rotatable bonds is 6. The molecule has 0 unspecified atom stereocenters. The van der Waals surface area contributed by atoms with E-state index < -0.39 is 0 Å². The molecule has 3 heterocycles. The first kappa shape index (κ1) is 24.3. The van der Waals surface area contributed by atoms with Crippen molar-refractivity contribution in [1.82, 2.24) is 24.6 Å². The first-order chi connectivity index (χ1) is 17.4. The number of carbonyl (C=O) groups excluding carboxylic acids is 1. The summed E-state index contributed by atoms with van der Waals surface area (Å²) in [6, 6.07) is 13.3. The van der Waals surface area contributed by atoms with Gasteiger partial charge in [-0.25, -0.2) is 14.5 Å². The zero-order chi connectivity index (χ0) is 25.2. The Balaban J connectivity index is 1.26. The number of carbonyl (C=O) groups is 1. The third-order valence-corrected chi connectivity index (χ3v) is 7.54. The van der Waals surface area contributed by atoms with Crippen LogP contribution in [0.3, 0.4) is 0 Å². The van der Waals surface area contributed by atoms with Crippen molar-refractivity contribution in [3.05, 3.63) is 64.1 Å². The molecule has 1 amide bonds. The maximum Gasteiger partial charge on any atom is 0.348 e. The van der Waals surface area contributed by atoms with Gasteiger partial charge in [0.05, 0.1) is 5.69 Å². The van der Waals surface area contributed by atoms with Crippen molar-refractivity contribution in [2.24, 2.45) is 5.92 Å². The number of hydrogen-bond acceptors (Lipinski definition) is 5. The Labute approximate surface area is 211 Å². The first-order valence-corrected chi connectivity index (χ1v) is 13.0. The fourth-order valence-electron chi connectivity index (χ4n) is 5.43. The molecule has 1 aromatic heterocycles. The third kappa shape index (κ3) is 4.95. The van der Waals surface area contributed by atoms with Crippen molar-refractivity contribution in [3.63, 3.8) is 0 Å². The molecule has 2 aliphatic heterocycles. The zero-order valence-electron chi connectivity index (χ0n) is 21.1. The highest BCUT2D eigenvalue weighted by Crippen LogP contribution is 2.30. The molecule has 2 aliphatic rings. The van der Waals surface area contributed by atoms with Crippen LogP contribution in [-0.4, -0.2) is 61.8 Å². The van der Waals surface area contributed by atoms with Gasteiger partial charge in [0.25, 0.3) is 0 Å². The summed E-state index contributed by atoms with van der Waals surface area (Å²) < 4.78 is 1.57. The number of aromatic nitrogens is 3. The second-order valence-corrected chi connectivity index (χ2v) is 10.4. The predicted octanol–water partition coefficient (Wildman–Crippen LogP) is 3.89. The molecule has 2 fully saturated rings. The van der Waals surface area contributed by atoms with Gasteiger partial charge < -0.3 is 10.0 Å². The molecule has 0 bridgehead atoms. The van der Waals surface area contributed by atoms with Crippen LogP contribution < -0.4 is 5.69 Å². The molecule has 190 valence electrons. The highest BCUT2D eigenvalue weighted by Gasteiger charge is 2.29. The van der Waals surface area contributed by atoms with Gasteiger partial charge >= 0.3 is 5.69 Å². The van der Waals surface area contributed by atoms with Crippen LogP contribution in [0.25, 0.3) is 17.1 Å². The number of likely N-dealkylation sites (tertiary alicyclic amines) is 2. The maximum absolute atomic E-state index is 12.7. The maximum atomic E-state index is 12.7. The number of phenolic OH excluding ortho intramolecular Hbond substituents is 1. The highest BCUT2D eigenvalue weighted by molar-refractivity contribution is 5.79. The lowest BCUT2D eigenvalue weighted by molar-refractivity contribution is -0.136. The molecule has 0 spiro atoms. The number of H-pyrrole nitrogens is 1. The van der Waals surface area contributed by atoms with Crippen molar-refractivity contribution in [2.45, 2.75) is 52.0 Å². The van der Waals surface area contributed by atoms with Gasteiger partial charge in [0.1, 0.15) is 5.75 Å². The van der Waals surface area contributed by atoms with Gasteiger partial charge in [-0.2, -0.15) is 5.10 Å². The van der Waals surface area contributed by atoms with Gasteiger partial charge in [0.15, 0.2) is 5.82 Å². The number of amides is 1. The Morgan fingerprint density at radius 1 is 1.06 bits per heavy atom. The largest absolute Gasteiger partial charge is 0.508 e. The second kappa shape index (κ2) is 10.3. The highest BCUT2D eigenvalue weighted by atomic mass is 16.3. The van der Waals surface area contributed by atoms with E-state index in [4.69, 9.17) is 0 Å². The summed E-state index contributed by atoms with van der Waals surface area (Å²) in [5.41, 5.74) is 3.19. The van der Waals surface area contributed by atoms with Gasteiger partial charge in [-0.05, 0) is 86.1 Å². The minimum absolute atomic E-state index is 0.145. The lowest BCUT2D eigenvalue weighted by Crippen LogP contribution is -2.41. The number of hydrogen-bond donors (Lipinski definition) is 2. The normalized spacial score (nSPS) is 17.2.